The van der Waals surface area contributed by atoms with Crippen LogP contribution in [0.25, 0.3) is 0 Å². The second-order valence-electron chi connectivity index (χ2n) is 8.69. The number of carboxylic acid groups (broad SMARTS) is 1. The van der Waals surface area contributed by atoms with Crippen molar-refractivity contribution < 1.29 is 19.4 Å². The lowest BCUT2D eigenvalue weighted by Gasteiger charge is -2.48. The van der Waals surface area contributed by atoms with Crippen LogP contribution in [0.5, 0.6) is 0 Å². The first-order valence-corrected chi connectivity index (χ1v) is 9.02. The number of ether oxygens (including phenoxy) is 1. The Morgan fingerprint density at radius 3 is 2.25 bits per heavy atom. The minimum Gasteiger partial charge on any atom is -0.465 e. The monoisotopic (exact) mass is 340 g/mol. The van der Waals surface area contributed by atoms with Crippen molar-refractivity contribution in [2.75, 3.05) is 13.6 Å². The summed E-state index contributed by atoms with van der Waals surface area (Å²) in [7, 11) is 1.67. The predicted octanol–water partition coefficient (Wildman–Crippen LogP) is 3.85. The van der Waals surface area contributed by atoms with Gasteiger partial charge in [0.2, 0.25) is 0 Å². The fraction of sp³-hybridized carbons (Fsp3) is 0.889. The molecule has 24 heavy (non-hydrogen) atoms. The lowest BCUT2D eigenvalue weighted by atomic mass is 9.58. The highest BCUT2D eigenvalue weighted by Gasteiger charge is 2.42. The molecule has 3 saturated carbocycles. The van der Waals surface area contributed by atoms with Crippen LogP contribution in [0.1, 0.15) is 65.7 Å². The van der Waals surface area contributed by atoms with Gasteiger partial charge in [-0.2, -0.15) is 0 Å². The summed E-state index contributed by atoms with van der Waals surface area (Å²) in [5, 5.41) is 11.8. The molecule has 3 fully saturated rings. The number of carbonyl (C=O) groups excluding carboxylic acids is 1. The highest BCUT2D eigenvalue weighted by atomic mass is 16.6. The van der Waals surface area contributed by atoms with Gasteiger partial charge < -0.3 is 20.1 Å². The SMILES string of the molecule is CN(CC(CC12CCC(CC1)CC2)NC(=O)O)C(=O)OC(C)(C)C. The summed E-state index contributed by atoms with van der Waals surface area (Å²) in [5.41, 5.74) is -0.307. The maximum absolute atomic E-state index is 12.2. The van der Waals surface area contributed by atoms with Gasteiger partial charge in [-0.3, -0.25) is 0 Å². The zero-order valence-electron chi connectivity index (χ0n) is 15.4. The Balaban J connectivity index is 1.97. The van der Waals surface area contributed by atoms with Gasteiger partial charge >= 0.3 is 12.2 Å². The molecule has 2 amide bonds. The van der Waals surface area contributed by atoms with Crippen molar-refractivity contribution in [3.63, 3.8) is 0 Å². The average molecular weight is 340 g/mol. The molecule has 6 nitrogen and oxygen atoms in total. The van der Waals surface area contributed by atoms with Gasteiger partial charge in [0, 0.05) is 13.6 Å². The summed E-state index contributed by atoms with van der Waals surface area (Å²) < 4.78 is 5.37. The van der Waals surface area contributed by atoms with E-state index >= 15 is 0 Å². The third-order valence-corrected chi connectivity index (χ3v) is 5.46. The van der Waals surface area contributed by atoms with Gasteiger partial charge in [-0.15, -0.1) is 0 Å². The smallest absolute Gasteiger partial charge is 0.410 e. The van der Waals surface area contributed by atoms with E-state index in [9.17, 15) is 14.7 Å². The molecule has 0 aromatic carbocycles. The number of nitrogens with one attached hydrogen (secondary N) is 1. The Morgan fingerprint density at radius 1 is 1.25 bits per heavy atom. The molecule has 0 aromatic heterocycles. The molecule has 0 aromatic rings. The molecule has 138 valence electrons. The molecule has 6 heteroatoms. The van der Waals surface area contributed by atoms with Gasteiger partial charge in [0.05, 0.1) is 6.04 Å². The van der Waals surface area contributed by atoms with Crippen LogP contribution in [0.2, 0.25) is 0 Å². The van der Waals surface area contributed by atoms with E-state index in [2.05, 4.69) is 5.32 Å². The summed E-state index contributed by atoms with van der Waals surface area (Å²) >= 11 is 0. The van der Waals surface area contributed by atoms with Crippen molar-refractivity contribution in [2.24, 2.45) is 11.3 Å². The lowest BCUT2D eigenvalue weighted by Crippen LogP contribution is -2.49. The first-order valence-electron chi connectivity index (χ1n) is 9.02. The van der Waals surface area contributed by atoms with Gasteiger partial charge in [0.25, 0.3) is 0 Å². The summed E-state index contributed by atoms with van der Waals surface area (Å²) in [6.07, 6.45) is 6.72. The van der Waals surface area contributed by atoms with E-state index in [4.69, 9.17) is 4.74 Å². The number of carbonyl (C=O) groups is 2. The molecule has 0 aliphatic heterocycles. The minimum absolute atomic E-state index is 0.247. The normalized spacial score (nSPS) is 27.4. The lowest BCUT2D eigenvalue weighted by molar-refractivity contribution is 0.0207. The quantitative estimate of drug-likeness (QED) is 0.797. The minimum atomic E-state index is -1.03. The molecule has 0 saturated heterocycles. The van der Waals surface area contributed by atoms with Crippen LogP contribution in [0.4, 0.5) is 9.59 Å². The molecule has 3 aliphatic rings. The van der Waals surface area contributed by atoms with Crippen LogP contribution in [0.3, 0.4) is 0 Å². The average Bonchev–Trinajstić information content (AvgIpc) is 2.46. The molecule has 0 radical (unpaired) electrons. The second-order valence-corrected chi connectivity index (χ2v) is 8.69. The van der Waals surface area contributed by atoms with E-state index < -0.39 is 17.8 Å². The Bertz CT molecular complexity index is 450. The van der Waals surface area contributed by atoms with Crippen molar-refractivity contribution >= 4 is 12.2 Å². The van der Waals surface area contributed by atoms with Crippen molar-refractivity contribution in [3.8, 4) is 0 Å². The summed E-state index contributed by atoms with van der Waals surface area (Å²) in [5.74, 6) is 0.877. The molecule has 1 unspecified atom stereocenters. The summed E-state index contributed by atoms with van der Waals surface area (Å²) in [6, 6.07) is -0.255. The van der Waals surface area contributed by atoms with Crippen LogP contribution in [-0.4, -0.2) is 47.4 Å². The third kappa shape index (κ3) is 5.28. The second kappa shape index (κ2) is 7.19. The van der Waals surface area contributed by atoms with Gasteiger partial charge in [-0.05, 0) is 77.0 Å². The van der Waals surface area contributed by atoms with E-state index in [0.717, 1.165) is 12.3 Å². The van der Waals surface area contributed by atoms with E-state index in [1.807, 2.05) is 20.8 Å². The molecule has 1 atom stereocenters. The Kier molecular flexibility index (Phi) is 5.66. The van der Waals surface area contributed by atoms with Gasteiger partial charge in [-0.25, -0.2) is 9.59 Å². The number of nitrogens with zero attached hydrogens (tertiary/aromatic N) is 1. The number of hydrogen-bond donors (Lipinski definition) is 2. The van der Waals surface area contributed by atoms with E-state index in [0.29, 0.717) is 6.54 Å². The molecule has 3 aliphatic carbocycles. The summed E-state index contributed by atoms with van der Waals surface area (Å²) in [6.45, 7) is 5.81. The maximum Gasteiger partial charge on any atom is 0.410 e. The van der Waals surface area contributed by atoms with E-state index in [1.54, 1.807) is 7.05 Å². The first-order chi connectivity index (χ1) is 11.1. The number of amides is 2. The fourth-order valence-electron chi connectivity index (χ4n) is 4.25. The van der Waals surface area contributed by atoms with Crippen LogP contribution < -0.4 is 5.32 Å². The van der Waals surface area contributed by atoms with Crippen molar-refractivity contribution in [3.05, 3.63) is 0 Å². The number of rotatable bonds is 5. The molecule has 2 bridgehead atoms. The van der Waals surface area contributed by atoms with Gasteiger partial charge in [0.15, 0.2) is 0 Å². The molecular formula is C18H32N2O4. The molecule has 0 heterocycles. The fourth-order valence-corrected chi connectivity index (χ4v) is 4.25. The number of fused-ring (bicyclic) bond motifs is 3. The molecule has 3 rings (SSSR count). The maximum atomic E-state index is 12.2. The van der Waals surface area contributed by atoms with Gasteiger partial charge in [-0.1, -0.05) is 0 Å². The zero-order chi connectivity index (χ0) is 18.0. The third-order valence-electron chi connectivity index (χ3n) is 5.46. The topological polar surface area (TPSA) is 78.9 Å². The Hall–Kier alpha value is -1.46. The van der Waals surface area contributed by atoms with Crippen molar-refractivity contribution in [1.82, 2.24) is 10.2 Å². The molecule has 2 N–H and O–H groups in total. The van der Waals surface area contributed by atoms with Crippen LogP contribution in [0, 0.1) is 11.3 Å². The van der Waals surface area contributed by atoms with E-state index in [-0.39, 0.29) is 11.5 Å². The Morgan fingerprint density at radius 2 is 1.79 bits per heavy atom. The Labute approximate surface area is 144 Å². The van der Waals surface area contributed by atoms with Crippen LogP contribution in [-0.2, 0) is 4.74 Å². The molecular weight excluding hydrogens is 308 g/mol. The van der Waals surface area contributed by atoms with Crippen LogP contribution >= 0.6 is 0 Å². The van der Waals surface area contributed by atoms with E-state index in [1.165, 1.54) is 43.4 Å². The number of hydrogen-bond acceptors (Lipinski definition) is 3. The zero-order valence-corrected chi connectivity index (χ0v) is 15.4. The van der Waals surface area contributed by atoms with Crippen molar-refractivity contribution in [1.29, 1.82) is 0 Å². The summed E-state index contributed by atoms with van der Waals surface area (Å²) in [4.78, 5) is 24.8. The van der Waals surface area contributed by atoms with Crippen molar-refractivity contribution in [2.45, 2.75) is 77.4 Å². The first kappa shape index (κ1) is 18.9. The molecule has 0 spiro atoms. The largest absolute Gasteiger partial charge is 0.465 e. The van der Waals surface area contributed by atoms with Gasteiger partial charge in [0.1, 0.15) is 5.60 Å². The number of likely N-dealkylation sites (N-methyl/N-ethyl adjacent to an activating group) is 1. The van der Waals surface area contributed by atoms with Crippen LogP contribution in [0.15, 0.2) is 0 Å². The predicted molar refractivity (Wildman–Crippen MR) is 92.1 cm³/mol. The highest BCUT2D eigenvalue weighted by Crippen LogP contribution is 2.52. The standard InChI is InChI=1S/C18H32N2O4/c1-17(2,3)24-16(23)20(4)12-14(19-15(21)22)11-18-8-5-13(6-9-18)7-10-18/h13-14,19H,5-12H2,1-4H3,(H,21,22). The highest BCUT2D eigenvalue weighted by molar-refractivity contribution is 5.68.